The fourth-order valence-electron chi connectivity index (χ4n) is 1.80. The smallest absolute Gasteiger partial charge is 0.146 e. The first-order valence-electron chi connectivity index (χ1n) is 6.32. The predicted octanol–water partition coefficient (Wildman–Crippen LogP) is 2.58. The lowest BCUT2D eigenvalue weighted by Gasteiger charge is -2.19. The number of aromatic nitrogens is 1. The molecule has 0 N–H and O–H groups in total. The molecule has 0 spiro atoms. The van der Waals surface area contributed by atoms with E-state index in [9.17, 15) is 4.79 Å². The van der Waals surface area contributed by atoms with E-state index in [0.717, 1.165) is 30.9 Å². The third kappa shape index (κ3) is 5.09. The molecule has 0 amide bonds. The molecule has 17 heavy (non-hydrogen) atoms. The second-order valence-electron chi connectivity index (χ2n) is 4.36. The van der Waals surface area contributed by atoms with Crippen molar-refractivity contribution in [3.63, 3.8) is 0 Å². The van der Waals surface area contributed by atoms with Gasteiger partial charge in [-0.2, -0.15) is 0 Å². The van der Waals surface area contributed by atoms with E-state index in [4.69, 9.17) is 0 Å². The van der Waals surface area contributed by atoms with Crippen LogP contribution in [0.25, 0.3) is 0 Å². The van der Waals surface area contributed by atoms with Crippen LogP contribution in [0, 0.1) is 6.92 Å². The molecule has 0 radical (unpaired) electrons. The maximum Gasteiger partial charge on any atom is 0.146 e. The van der Waals surface area contributed by atoms with E-state index in [2.05, 4.69) is 16.8 Å². The van der Waals surface area contributed by atoms with Gasteiger partial charge in [0.2, 0.25) is 0 Å². The Balaban J connectivity index is 2.54. The quantitative estimate of drug-likeness (QED) is 0.727. The van der Waals surface area contributed by atoms with Gasteiger partial charge >= 0.3 is 0 Å². The second kappa shape index (κ2) is 7.17. The summed E-state index contributed by atoms with van der Waals surface area (Å²) in [6, 6.07) is 6.02. The van der Waals surface area contributed by atoms with Crippen LogP contribution in [0.4, 0.5) is 0 Å². The molecule has 1 heterocycles. The lowest BCUT2D eigenvalue weighted by atomic mass is 10.2. The van der Waals surface area contributed by atoms with Crippen molar-refractivity contribution in [2.45, 2.75) is 40.2 Å². The van der Waals surface area contributed by atoms with E-state index in [1.54, 1.807) is 0 Å². The molecule has 0 atom stereocenters. The highest BCUT2D eigenvalue weighted by molar-refractivity contribution is 5.80. The first kappa shape index (κ1) is 13.8. The molecular weight excluding hydrogens is 212 g/mol. The van der Waals surface area contributed by atoms with Crippen LogP contribution in [0.15, 0.2) is 18.2 Å². The number of ketones is 1. The van der Waals surface area contributed by atoms with Gasteiger partial charge in [-0.05, 0) is 32.0 Å². The zero-order chi connectivity index (χ0) is 12.7. The van der Waals surface area contributed by atoms with Gasteiger partial charge in [-0.3, -0.25) is 14.7 Å². The zero-order valence-corrected chi connectivity index (χ0v) is 11.1. The number of hydrogen-bond acceptors (Lipinski definition) is 3. The van der Waals surface area contributed by atoms with E-state index in [-0.39, 0.29) is 0 Å². The van der Waals surface area contributed by atoms with E-state index in [1.165, 1.54) is 0 Å². The molecule has 0 bridgehead atoms. The summed E-state index contributed by atoms with van der Waals surface area (Å²) in [5.41, 5.74) is 2.06. The molecule has 0 aliphatic rings. The van der Waals surface area contributed by atoms with Crippen molar-refractivity contribution in [2.75, 3.05) is 13.1 Å². The average molecular weight is 234 g/mol. The Hall–Kier alpha value is -1.22. The fourth-order valence-corrected chi connectivity index (χ4v) is 1.80. The van der Waals surface area contributed by atoms with Crippen molar-refractivity contribution in [3.05, 3.63) is 29.6 Å². The van der Waals surface area contributed by atoms with Gasteiger partial charge in [0.05, 0.1) is 12.2 Å². The lowest BCUT2D eigenvalue weighted by Crippen LogP contribution is -2.29. The summed E-state index contributed by atoms with van der Waals surface area (Å²) < 4.78 is 0. The maximum absolute atomic E-state index is 11.6. The van der Waals surface area contributed by atoms with Gasteiger partial charge in [0, 0.05) is 18.7 Å². The first-order valence-corrected chi connectivity index (χ1v) is 6.32. The predicted molar refractivity (Wildman–Crippen MR) is 69.8 cm³/mol. The Labute approximate surface area is 104 Å². The van der Waals surface area contributed by atoms with E-state index >= 15 is 0 Å². The summed E-state index contributed by atoms with van der Waals surface area (Å²) in [5.74, 6) is 0.321. The number of pyridine rings is 1. The molecule has 0 aromatic carbocycles. The molecule has 0 saturated carbocycles. The monoisotopic (exact) mass is 234 g/mol. The van der Waals surface area contributed by atoms with Gasteiger partial charge in [-0.15, -0.1) is 0 Å². The highest BCUT2D eigenvalue weighted by Gasteiger charge is 2.09. The number of nitrogens with zero attached hydrogens (tertiary/aromatic N) is 2. The van der Waals surface area contributed by atoms with Crippen LogP contribution >= 0.6 is 0 Å². The van der Waals surface area contributed by atoms with Gasteiger partial charge in [0.25, 0.3) is 0 Å². The number of likely N-dealkylation sites (N-methyl/N-ethyl adjacent to an activating group) is 1. The van der Waals surface area contributed by atoms with Gasteiger partial charge in [-0.25, -0.2) is 0 Å². The number of aryl methyl sites for hydroxylation is 1. The van der Waals surface area contributed by atoms with Crippen molar-refractivity contribution >= 4 is 5.78 Å². The topological polar surface area (TPSA) is 33.2 Å². The molecule has 0 unspecified atom stereocenters. The molecular formula is C14H22N2O. The summed E-state index contributed by atoms with van der Waals surface area (Å²) in [7, 11) is 0. The number of carbonyl (C=O) groups is 1. The van der Waals surface area contributed by atoms with Crippen molar-refractivity contribution in [2.24, 2.45) is 0 Å². The van der Waals surface area contributed by atoms with E-state index in [1.807, 2.05) is 32.0 Å². The first-order chi connectivity index (χ1) is 8.15. The zero-order valence-electron chi connectivity index (χ0n) is 11.1. The van der Waals surface area contributed by atoms with Gasteiger partial charge in [-0.1, -0.05) is 19.9 Å². The van der Waals surface area contributed by atoms with Crippen molar-refractivity contribution in [1.82, 2.24) is 9.88 Å². The molecule has 0 aliphatic heterocycles. The molecule has 0 fully saturated rings. The Bertz CT molecular complexity index is 363. The van der Waals surface area contributed by atoms with E-state index in [0.29, 0.717) is 18.7 Å². The maximum atomic E-state index is 11.6. The fraction of sp³-hybridized carbons (Fsp3) is 0.571. The van der Waals surface area contributed by atoms with Gasteiger partial charge in [0.1, 0.15) is 5.78 Å². The summed E-state index contributed by atoms with van der Waals surface area (Å²) in [6.45, 7) is 8.28. The largest absolute Gasteiger partial charge is 0.298 e. The van der Waals surface area contributed by atoms with Crippen LogP contribution in [-0.2, 0) is 11.3 Å². The highest BCUT2D eigenvalue weighted by atomic mass is 16.1. The molecule has 3 nitrogen and oxygen atoms in total. The second-order valence-corrected chi connectivity index (χ2v) is 4.36. The third-order valence-electron chi connectivity index (χ3n) is 2.71. The number of rotatable bonds is 7. The minimum atomic E-state index is 0.321. The molecule has 1 rings (SSSR count). The lowest BCUT2D eigenvalue weighted by molar-refractivity contribution is -0.120. The molecule has 0 saturated heterocycles. The third-order valence-corrected chi connectivity index (χ3v) is 2.71. The minimum absolute atomic E-state index is 0.321. The van der Waals surface area contributed by atoms with Crippen LogP contribution in [0.2, 0.25) is 0 Å². The van der Waals surface area contributed by atoms with Crippen LogP contribution in [0.3, 0.4) is 0 Å². The molecule has 0 aliphatic carbocycles. The van der Waals surface area contributed by atoms with Crippen LogP contribution < -0.4 is 0 Å². The standard InChI is InChI=1S/C14H22N2O/c1-4-7-14(17)11-16(5-2)10-13-9-6-8-12(3)15-13/h6,8-9H,4-5,7,10-11H2,1-3H3. The SMILES string of the molecule is CCCC(=O)CN(CC)Cc1cccc(C)n1. The van der Waals surface area contributed by atoms with Crippen molar-refractivity contribution < 1.29 is 4.79 Å². The van der Waals surface area contributed by atoms with Gasteiger partial charge < -0.3 is 0 Å². The van der Waals surface area contributed by atoms with Gasteiger partial charge in [0.15, 0.2) is 0 Å². The summed E-state index contributed by atoms with van der Waals surface area (Å²) >= 11 is 0. The Kier molecular flexibility index (Phi) is 5.84. The summed E-state index contributed by atoms with van der Waals surface area (Å²) in [6.07, 6.45) is 1.61. The van der Waals surface area contributed by atoms with Crippen LogP contribution in [-0.4, -0.2) is 28.8 Å². The number of Topliss-reactive ketones (excluding diaryl/α,β-unsaturated/α-hetero) is 1. The average Bonchev–Trinajstić information content (AvgIpc) is 2.28. The molecule has 1 aromatic heterocycles. The van der Waals surface area contributed by atoms with E-state index < -0.39 is 0 Å². The molecule has 94 valence electrons. The highest BCUT2D eigenvalue weighted by Crippen LogP contribution is 2.04. The summed E-state index contributed by atoms with van der Waals surface area (Å²) in [4.78, 5) is 18.2. The summed E-state index contributed by atoms with van der Waals surface area (Å²) in [5, 5.41) is 0. The molecule has 1 aromatic rings. The normalized spacial score (nSPS) is 10.8. The molecule has 3 heteroatoms. The number of carbonyl (C=O) groups excluding carboxylic acids is 1. The van der Waals surface area contributed by atoms with Crippen molar-refractivity contribution in [3.8, 4) is 0 Å². The Morgan fingerprint density at radius 3 is 2.71 bits per heavy atom. The Morgan fingerprint density at radius 2 is 2.12 bits per heavy atom. The van der Waals surface area contributed by atoms with Crippen LogP contribution in [0.1, 0.15) is 38.1 Å². The van der Waals surface area contributed by atoms with Crippen LogP contribution in [0.5, 0.6) is 0 Å². The van der Waals surface area contributed by atoms with Crippen molar-refractivity contribution in [1.29, 1.82) is 0 Å². The Morgan fingerprint density at radius 1 is 1.35 bits per heavy atom. The minimum Gasteiger partial charge on any atom is -0.298 e. The number of hydrogen-bond donors (Lipinski definition) is 0.